The largest absolute Gasteiger partial charge is 0.272 e. The van der Waals surface area contributed by atoms with E-state index >= 15 is 0 Å². The minimum atomic E-state index is -3.40. The summed E-state index contributed by atoms with van der Waals surface area (Å²) in [6, 6.07) is 15.1. The van der Waals surface area contributed by atoms with Gasteiger partial charge in [0.1, 0.15) is 0 Å². The predicted molar refractivity (Wildman–Crippen MR) is 114 cm³/mol. The maximum Gasteiger partial charge on any atom is 0.209 e. The third-order valence-corrected chi connectivity index (χ3v) is 6.08. The third kappa shape index (κ3) is 5.14. The number of thioether (sulfide) groups is 1. The minimum Gasteiger partial charge on any atom is -0.272 e. The van der Waals surface area contributed by atoms with Crippen LogP contribution in [0.25, 0.3) is 5.69 Å². The first-order valence-corrected chi connectivity index (χ1v) is 11.9. The van der Waals surface area contributed by atoms with Crippen molar-refractivity contribution in [3.63, 3.8) is 0 Å². The van der Waals surface area contributed by atoms with Crippen LogP contribution in [0.4, 0.5) is 0 Å². The molecule has 6 nitrogen and oxygen atoms in total. The van der Waals surface area contributed by atoms with Crippen molar-refractivity contribution >= 4 is 33.4 Å². The topological polar surface area (TPSA) is 76.9 Å². The summed E-state index contributed by atoms with van der Waals surface area (Å²) in [4.78, 5) is 0. The van der Waals surface area contributed by atoms with Crippen molar-refractivity contribution in [2.24, 2.45) is 0 Å². The number of nitrogens with one attached hydrogen (secondary N) is 1. The Morgan fingerprint density at radius 3 is 2.57 bits per heavy atom. The van der Waals surface area contributed by atoms with Crippen molar-refractivity contribution in [1.29, 1.82) is 0 Å². The number of hydrogen-bond donors (Lipinski definition) is 1. The van der Waals surface area contributed by atoms with Gasteiger partial charge in [-0.1, -0.05) is 59.8 Å². The van der Waals surface area contributed by atoms with Gasteiger partial charge in [-0.25, -0.2) is 13.1 Å². The van der Waals surface area contributed by atoms with E-state index in [1.807, 2.05) is 60.0 Å². The molecule has 0 amide bonds. The summed E-state index contributed by atoms with van der Waals surface area (Å²) in [7, 11) is -3.40. The standard InChI is InChI=1S/C19H21ClN4O2S2/c1-13-9-10-16(20)11-17(13)24-18(14(2)23-28(3,25)26)21-22-19(24)27-12-15-7-5-4-6-8-15/h4-11,14,23H,12H2,1-3H3. The fraction of sp³-hybridized carbons (Fsp3) is 0.263. The molecule has 0 saturated carbocycles. The molecule has 1 atom stereocenters. The second kappa shape index (κ2) is 8.65. The van der Waals surface area contributed by atoms with Gasteiger partial charge in [0.2, 0.25) is 10.0 Å². The van der Waals surface area contributed by atoms with Crippen molar-refractivity contribution in [3.8, 4) is 5.69 Å². The van der Waals surface area contributed by atoms with Crippen LogP contribution in [0.15, 0.2) is 53.7 Å². The fourth-order valence-corrected chi connectivity index (χ4v) is 4.62. The summed E-state index contributed by atoms with van der Waals surface area (Å²) in [5, 5.41) is 9.87. The molecule has 0 saturated heterocycles. The number of aryl methyl sites for hydroxylation is 1. The monoisotopic (exact) mass is 436 g/mol. The summed E-state index contributed by atoms with van der Waals surface area (Å²) in [6.07, 6.45) is 1.12. The zero-order valence-corrected chi connectivity index (χ0v) is 18.1. The highest BCUT2D eigenvalue weighted by Crippen LogP contribution is 2.30. The fourth-order valence-electron chi connectivity index (χ4n) is 2.80. The van der Waals surface area contributed by atoms with Crippen LogP contribution >= 0.6 is 23.4 Å². The maximum absolute atomic E-state index is 11.7. The predicted octanol–water partition coefficient (Wildman–Crippen LogP) is 4.13. The van der Waals surface area contributed by atoms with E-state index in [9.17, 15) is 8.42 Å². The summed E-state index contributed by atoms with van der Waals surface area (Å²) < 4.78 is 27.9. The third-order valence-electron chi connectivity index (χ3n) is 4.06. The van der Waals surface area contributed by atoms with E-state index < -0.39 is 16.1 Å². The van der Waals surface area contributed by atoms with Gasteiger partial charge in [-0.05, 0) is 37.1 Å². The molecule has 0 aliphatic carbocycles. The van der Waals surface area contributed by atoms with E-state index in [1.54, 1.807) is 6.92 Å². The number of rotatable bonds is 7. The van der Waals surface area contributed by atoms with Crippen LogP contribution in [0.2, 0.25) is 5.02 Å². The van der Waals surface area contributed by atoms with E-state index in [4.69, 9.17) is 11.6 Å². The first kappa shape index (κ1) is 20.9. The number of nitrogens with zero attached hydrogens (tertiary/aromatic N) is 3. The molecule has 1 unspecified atom stereocenters. The Morgan fingerprint density at radius 1 is 1.18 bits per heavy atom. The molecule has 0 aliphatic rings. The zero-order chi connectivity index (χ0) is 20.3. The second-order valence-electron chi connectivity index (χ2n) is 6.49. The quantitative estimate of drug-likeness (QED) is 0.563. The van der Waals surface area contributed by atoms with Crippen LogP contribution in [0.5, 0.6) is 0 Å². The molecule has 1 N–H and O–H groups in total. The van der Waals surface area contributed by atoms with Gasteiger partial charge in [-0.3, -0.25) is 4.57 Å². The number of halogens is 1. The van der Waals surface area contributed by atoms with Gasteiger partial charge in [0, 0.05) is 10.8 Å². The van der Waals surface area contributed by atoms with Crippen molar-refractivity contribution in [2.45, 2.75) is 30.8 Å². The van der Waals surface area contributed by atoms with Gasteiger partial charge < -0.3 is 0 Å². The lowest BCUT2D eigenvalue weighted by Gasteiger charge is -2.17. The van der Waals surface area contributed by atoms with E-state index in [2.05, 4.69) is 14.9 Å². The molecule has 3 rings (SSSR count). The van der Waals surface area contributed by atoms with Crippen molar-refractivity contribution in [1.82, 2.24) is 19.5 Å². The minimum absolute atomic E-state index is 0.506. The molecule has 1 aromatic heterocycles. The SMILES string of the molecule is Cc1ccc(Cl)cc1-n1c(SCc2ccccc2)nnc1C(C)NS(C)(=O)=O. The number of benzene rings is 2. The van der Waals surface area contributed by atoms with Crippen molar-refractivity contribution in [2.75, 3.05) is 6.26 Å². The Morgan fingerprint density at radius 2 is 1.89 bits per heavy atom. The van der Waals surface area contributed by atoms with Crippen LogP contribution in [0.1, 0.15) is 29.9 Å². The molecule has 0 bridgehead atoms. The number of hydrogen-bond acceptors (Lipinski definition) is 5. The maximum atomic E-state index is 11.7. The first-order chi connectivity index (χ1) is 13.2. The zero-order valence-electron chi connectivity index (χ0n) is 15.8. The second-order valence-corrected chi connectivity index (χ2v) is 9.65. The van der Waals surface area contributed by atoms with Crippen molar-refractivity contribution in [3.05, 3.63) is 70.5 Å². The molecule has 0 spiro atoms. The van der Waals surface area contributed by atoms with Crippen LogP contribution in [0, 0.1) is 6.92 Å². The molecule has 1 heterocycles. The smallest absolute Gasteiger partial charge is 0.209 e. The van der Waals surface area contributed by atoms with Gasteiger partial charge in [-0.2, -0.15) is 0 Å². The molecular formula is C19H21ClN4O2S2. The highest BCUT2D eigenvalue weighted by Gasteiger charge is 2.23. The van der Waals surface area contributed by atoms with Crippen molar-refractivity contribution < 1.29 is 8.42 Å². The summed E-state index contributed by atoms with van der Waals surface area (Å²) in [6.45, 7) is 3.71. The lowest BCUT2D eigenvalue weighted by atomic mass is 10.2. The summed E-state index contributed by atoms with van der Waals surface area (Å²) in [5.74, 6) is 1.22. The Kier molecular flexibility index (Phi) is 6.44. The molecule has 9 heteroatoms. The van der Waals surface area contributed by atoms with Crippen LogP contribution in [-0.2, 0) is 15.8 Å². The molecule has 3 aromatic rings. The van der Waals surface area contributed by atoms with E-state index in [0.29, 0.717) is 21.8 Å². The Labute approximate surface area is 174 Å². The molecule has 28 heavy (non-hydrogen) atoms. The van der Waals surface area contributed by atoms with Gasteiger partial charge in [0.25, 0.3) is 0 Å². The number of aromatic nitrogens is 3. The molecule has 0 fully saturated rings. The van der Waals surface area contributed by atoms with Gasteiger partial charge in [-0.15, -0.1) is 10.2 Å². The van der Waals surface area contributed by atoms with Gasteiger partial charge in [0.15, 0.2) is 11.0 Å². The van der Waals surface area contributed by atoms with E-state index in [-0.39, 0.29) is 0 Å². The van der Waals surface area contributed by atoms with Gasteiger partial charge in [0.05, 0.1) is 18.0 Å². The molecule has 0 radical (unpaired) electrons. The van der Waals surface area contributed by atoms with Gasteiger partial charge >= 0.3 is 0 Å². The van der Waals surface area contributed by atoms with Crippen LogP contribution in [-0.4, -0.2) is 29.4 Å². The highest BCUT2D eigenvalue weighted by molar-refractivity contribution is 7.98. The lowest BCUT2D eigenvalue weighted by Crippen LogP contribution is -2.27. The average molecular weight is 437 g/mol. The Hall–Kier alpha value is -1.87. The first-order valence-electron chi connectivity index (χ1n) is 8.60. The Bertz CT molecular complexity index is 1070. The molecule has 0 aliphatic heterocycles. The molecule has 148 valence electrons. The lowest BCUT2D eigenvalue weighted by molar-refractivity contribution is 0.561. The van der Waals surface area contributed by atoms with E-state index in [0.717, 1.165) is 23.1 Å². The van der Waals surface area contributed by atoms with Crippen LogP contribution in [0.3, 0.4) is 0 Å². The highest BCUT2D eigenvalue weighted by atomic mass is 35.5. The summed E-state index contributed by atoms with van der Waals surface area (Å²) in [5.41, 5.74) is 2.97. The average Bonchev–Trinajstić information content (AvgIpc) is 3.05. The van der Waals surface area contributed by atoms with Crippen LogP contribution < -0.4 is 4.72 Å². The summed E-state index contributed by atoms with van der Waals surface area (Å²) >= 11 is 7.76. The normalized spacial score (nSPS) is 12.9. The van der Waals surface area contributed by atoms with E-state index in [1.165, 1.54) is 11.8 Å². The molecular weight excluding hydrogens is 416 g/mol. The molecule has 2 aromatic carbocycles. The Balaban J connectivity index is 2.03. The number of sulfonamides is 1.